The molecule has 5 nitrogen and oxygen atoms in total. The standard InChI is InChI=1S/C27H17Br2N3O2S/c28-20-10-6-18(7-11-20)17-30-32(27-31-24-15-12-21(29)16-25(24)35-27)26(33)19-8-13-23(14-9-19)34-22-4-2-1-3-5-22/h1-17H/b30-17+. The number of aromatic nitrogens is 1. The fourth-order valence-corrected chi connectivity index (χ4v) is 4.99. The minimum Gasteiger partial charge on any atom is -0.457 e. The third-order valence-corrected chi connectivity index (χ3v) is 7.00. The Labute approximate surface area is 223 Å². The Hall–Kier alpha value is -3.33. The molecule has 35 heavy (non-hydrogen) atoms. The van der Waals surface area contributed by atoms with Crippen molar-refractivity contribution >= 4 is 70.7 Å². The van der Waals surface area contributed by atoms with Crippen LogP contribution in [0.4, 0.5) is 5.13 Å². The number of para-hydroxylation sites is 1. The molecule has 5 aromatic rings. The predicted octanol–water partition coefficient (Wildman–Crippen LogP) is 8.29. The Morgan fingerprint density at radius 1 is 0.857 bits per heavy atom. The first kappa shape index (κ1) is 23.4. The molecule has 172 valence electrons. The Balaban J connectivity index is 1.46. The van der Waals surface area contributed by atoms with E-state index in [0.717, 1.165) is 30.5 Å². The lowest BCUT2D eigenvalue weighted by Gasteiger charge is -2.14. The van der Waals surface area contributed by atoms with Gasteiger partial charge in [0.2, 0.25) is 5.13 Å². The van der Waals surface area contributed by atoms with Gasteiger partial charge in [0.15, 0.2) is 0 Å². The molecule has 0 fully saturated rings. The van der Waals surface area contributed by atoms with Crippen LogP contribution in [0.1, 0.15) is 15.9 Å². The maximum atomic E-state index is 13.6. The van der Waals surface area contributed by atoms with Crippen LogP contribution in [0.15, 0.2) is 111 Å². The van der Waals surface area contributed by atoms with Crippen LogP contribution in [0.3, 0.4) is 0 Å². The molecule has 0 bridgehead atoms. The van der Waals surface area contributed by atoms with E-state index in [1.165, 1.54) is 16.3 Å². The van der Waals surface area contributed by atoms with Gasteiger partial charge in [-0.2, -0.15) is 10.1 Å². The number of hydrogen-bond donors (Lipinski definition) is 0. The number of hydrogen-bond acceptors (Lipinski definition) is 5. The molecule has 8 heteroatoms. The number of carbonyl (C=O) groups is 1. The summed E-state index contributed by atoms with van der Waals surface area (Å²) in [4.78, 5) is 18.2. The zero-order chi connectivity index (χ0) is 24.2. The average molecular weight is 607 g/mol. The number of amides is 1. The summed E-state index contributed by atoms with van der Waals surface area (Å²) >= 11 is 8.33. The highest BCUT2D eigenvalue weighted by Gasteiger charge is 2.21. The van der Waals surface area contributed by atoms with E-state index in [-0.39, 0.29) is 5.91 Å². The monoisotopic (exact) mass is 605 g/mol. The molecular weight excluding hydrogens is 590 g/mol. The van der Waals surface area contributed by atoms with Crippen LogP contribution in [0.5, 0.6) is 11.5 Å². The molecule has 5 rings (SSSR count). The van der Waals surface area contributed by atoms with Gasteiger partial charge >= 0.3 is 0 Å². The maximum Gasteiger partial charge on any atom is 0.280 e. The van der Waals surface area contributed by atoms with Crippen molar-refractivity contribution in [3.8, 4) is 11.5 Å². The first-order valence-corrected chi connectivity index (χ1v) is 13.0. The number of rotatable bonds is 6. The molecule has 0 atom stereocenters. The van der Waals surface area contributed by atoms with Crippen molar-refractivity contribution in [2.75, 3.05) is 5.01 Å². The number of benzene rings is 4. The molecule has 0 aliphatic heterocycles. The molecule has 1 heterocycles. The van der Waals surface area contributed by atoms with Crippen LogP contribution in [0.25, 0.3) is 10.2 Å². The van der Waals surface area contributed by atoms with Crippen molar-refractivity contribution < 1.29 is 9.53 Å². The van der Waals surface area contributed by atoms with Gasteiger partial charge in [-0.05, 0) is 72.3 Å². The molecule has 4 aromatic carbocycles. The summed E-state index contributed by atoms with van der Waals surface area (Å²) in [6.45, 7) is 0. The van der Waals surface area contributed by atoms with Gasteiger partial charge in [-0.3, -0.25) is 4.79 Å². The zero-order valence-corrected chi connectivity index (χ0v) is 22.1. The van der Waals surface area contributed by atoms with Gasteiger partial charge in [0.1, 0.15) is 11.5 Å². The lowest BCUT2D eigenvalue weighted by molar-refractivity contribution is 0.0988. The first-order valence-electron chi connectivity index (χ1n) is 10.6. The predicted molar refractivity (Wildman–Crippen MR) is 149 cm³/mol. The van der Waals surface area contributed by atoms with Crippen LogP contribution in [0.2, 0.25) is 0 Å². The van der Waals surface area contributed by atoms with E-state index in [9.17, 15) is 4.79 Å². The second-order valence-corrected chi connectivity index (χ2v) is 10.3. The minimum absolute atomic E-state index is 0.289. The van der Waals surface area contributed by atoms with Gasteiger partial charge in [-0.1, -0.05) is 73.5 Å². The van der Waals surface area contributed by atoms with E-state index < -0.39 is 0 Å². The van der Waals surface area contributed by atoms with Gasteiger partial charge in [0.25, 0.3) is 5.91 Å². The number of hydrazone groups is 1. The first-order chi connectivity index (χ1) is 17.0. The molecule has 0 saturated carbocycles. The lowest BCUT2D eigenvalue weighted by atomic mass is 10.2. The van der Waals surface area contributed by atoms with Crippen LogP contribution < -0.4 is 9.75 Å². The zero-order valence-electron chi connectivity index (χ0n) is 18.1. The quantitative estimate of drug-likeness (QED) is 0.144. The van der Waals surface area contributed by atoms with E-state index in [1.54, 1.807) is 30.5 Å². The molecule has 0 N–H and O–H groups in total. The van der Waals surface area contributed by atoms with Crippen molar-refractivity contribution in [2.24, 2.45) is 5.10 Å². The van der Waals surface area contributed by atoms with Crippen LogP contribution in [-0.4, -0.2) is 17.1 Å². The number of ether oxygens (including phenoxy) is 1. The molecule has 0 aliphatic carbocycles. The van der Waals surface area contributed by atoms with Crippen molar-refractivity contribution in [3.63, 3.8) is 0 Å². The number of halogens is 2. The number of carbonyl (C=O) groups excluding carboxylic acids is 1. The summed E-state index contributed by atoms with van der Waals surface area (Å²) in [6.07, 6.45) is 1.65. The second kappa shape index (κ2) is 10.5. The third-order valence-electron chi connectivity index (χ3n) is 4.99. The summed E-state index contributed by atoms with van der Waals surface area (Å²) in [5.74, 6) is 1.08. The largest absolute Gasteiger partial charge is 0.457 e. The lowest BCUT2D eigenvalue weighted by Crippen LogP contribution is -2.25. The Bertz CT molecular complexity index is 1500. The van der Waals surface area contributed by atoms with E-state index in [2.05, 4.69) is 41.9 Å². The van der Waals surface area contributed by atoms with Crippen molar-refractivity contribution in [2.45, 2.75) is 0 Å². The van der Waals surface area contributed by atoms with Crippen molar-refractivity contribution in [1.82, 2.24) is 4.98 Å². The summed E-state index contributed by atoms with van der Waals surface area (Å²) in [6, 6.07) is 30.0. The number of anilines is 1. The molecule has 1 amide bonds. The smallest absolute Gasteiger partial charge is 0.280 e. The van der Waals surface area contributed by atoms with Crippen molar-refractivity contribution in [3.05, 3.63) is 117 Å². The van der Waals surface area contributed by atoms with Crippen LogP contribution >= 0.6 is 43.2 Å². The average Bonchev–Trinajstić information content (AvgIpc) is 3.29. The van der Waals surface area contributed by atoms with Gasteiger partial charge in [-0.25, -0.2) is 4.98 Å². The van der Waals surface area contributed by atoms with Gasteiger partial charge < -0.3 is 4.74 Å². The van der Waals surface area contributed by atoms with E-state index in [0.29, 0.717) is 16.4 Å². The Morgan fingerprint density at radius 2 is 1.54 bits per heavy atom. The second-order valence-electron chi connectivity index (χ2n) is 7.46. The minimum atomic E-state index is -0.289. The molecule has 0 unspecified atom stereocenters. The number of thiazole rings is 1. The summed E-state index contributed by atoms with van der Waals surface area (Å²) in [5.41, 5.74) is 2.14. The summed E-state index contributed by atoms with van der Waals surface area (Å²) < 4.78 is 8.73. The van der Waals surface area contributed by atoms with Gasteiger partial charge in [0.05, 0.1) is 16.4 Å². The molecule has 0 saturated heterocycles. The number of fused-ring (bicyclic) bond motifs is 1. The maximum absolute atomic E-state index is 13.6. The fourth-order valence-electron chi connectivity index (χ4n) is 3.25. The molecule has 0 radical (unpaired) electrons. The van der Waals surface area contributed by atoms with Crippen molar-refractivity contribution in [1.29, 1.82) is 0 Å². The number of nitrogens with zero attached hydrogens (tertiary/aromatic N) is 3. The summed E-state index contributed by atoms with van der Waals surface area (Å²) in [5, 5.41) is 6.35. The van der Waals surface area contributed by atoms with Gasteiger partial charge in [0, 0.05) is 14.5 Å². The fraction of sp³-hybridized carbons (Fsp3) is 0. The normalized spacial score (nSPS) is 11.1. The molecule has 0 spiro atoms. The third kappa shape index (κ3) is 5.67. The van der Waals surface area contributed by atoms with Crippen LogP contribution in [-0.2, 0) is 0 Å². The summed E-state index contributed by atoms with van der Waals surface area (Å²) in [7, 11) is 0. The molecule has 1 aromatic heterocycles. The Kier molecular flexibility index (Phi) is 7.03. The van der Waals surface area contributed by atoms with Gasteiger partial charge in [-0.15, -0.1) is 0 Å². The topological polar surface area (TPSA) is 54.8 Å². The van der Waals surface area contributed by atoms with E-state index >= 15 is 0 Å². The molecular formula is C27H17Br2N3O2S. The highest BCUT2D eigenvalue weighted by atomic mass is 79.9. The SMILES string of the molecule is O=C(c1ccc(Oc2ccccc2)cc1)N(/N=C/c1ccc(Br)cc1)c1nc2ccc(Br)cc2s1. The molecule has 0 aliphatic rings. The highest BCUT2D eigenvalue weighted by molar-refractivity contribution is 9.10. The highest BCUT2D eigenvalue weighted by Crippen LogP contribution is 2.32. The van der Waals surface area contributed by atoms with E-state index in [1.807, 2.05) is 72.8 Å². The Morgan fingerprint density at radius 3 is 2.29 bits per heavy atom. The van der Waals surface area contributed by atoms with E-state index in [4.69, 9.17) is 4.74 Å². The van der Waals surface area contributed by atoms with Crippen LogP contribution in [0, 0.1) is 0 Å².